The minimum atomic E-state index is -0.376. The van der Waals surface area contributed by atoms with Crippen molar-refractivity contribution in [2.75, 3.05) is 7.11 Å². The molecule has 0 spiro atoms. The average molecular weight is 348 g/mol. The van der Waals surface area contributed by atoms with Gasteiger partial charge < -0.3 is 19.6 Å². The van der Waals surface area contributed by atoms with Gasteiger partial charge in [0, 0.05) is 0 Å². The molecule has 0 aliphatic rings. The van der Waals surface area contributed by atoms with Crippen LogP contribution in [0.1, 0.15) is 27.7 Å². The maximum atomic E-state index is 12.6. The zero-order valence-corrected chi connectivity index (χ0v) is 14.0. The third-order valence-electron chi connectivity index (χ3n) is 4.11. The molecule has 4 aromatic rings. The lowest BCUT2D eigenvalue weighted by molar-refractivity contribution is 0.0905. The lowest BCUT2D eigenvalue weighted by atomic mass is 9.98. The standard InChI is InChI=1S/C19H16N4O3/c1-25-17-10-16(26-23-17)19(24)22-18(12-5-3-2-4-6-12)13-7-8-14-15(9-13)21-11-20-14/h2-11,18H,1H3,(H,20,21)(H,22,24)/t18-/m0/s1. The van der Waals surface area contributed by atoms with Crippen molar-refractivity contribution in [1.29, 1.82) is 0 Å². The first-order valence-corrected chi connectivity index (χ1v) is 8.04. The second kappa shape index (κ2) is 6.72. The van der Waals surface area contributed by atoms with Gasteiger partial charge in [0.25, 0.3) is 11.8 Å². The van der Waals surface area contributed by atoms with E-state index in [0.717, 1.165) is 22.2 Å². The Balaban J connectivity index is 1.69. The third kappa shape index (κ3) is 3.02. The summed E-state index contributed by atoms with van der Waals surface area (Å²) in [6.45, 7) is 0. The number of carbonyl (C=O) groups excluding carboxylic acids is 1. The molecule has 0 saturated heterocycles. The average Bonchev–Trinajstić information content (AvgIpc) is 3.35. The Morgan fingerprint density at radius 3 is 2.77 bits per heavy atom. The summed E-state index contributed by atoms with van der Waals surface area (Å²) in [7, 11) is 1.46. The fraction of sp³-hybridized carbons (Fsp3) is 0.105. The van der Waals surface area contributed by atoms with Crippen molar-refractivity contribution in [3.8, 4) is 5.88 Å². The molecular formula is C19H16N4O3. The molecule has 4 rings (SSSR count). The molecule has 1 amide bonds. The van der Waals surface area contributed by atoms with Crippen molar-refractivity contribution >= 4 is 16.9 Å². The largest absolute Gasteiger partial charge is 0.479 e. The number of aromatic nitrogens is 3. The molecule has 0 bridgehead atoms. The highest BCUT2D eigenvalue weighted by Gasteiger charge is 2.21. The van der Waals surface area contributed by atoms with Crippen molar-refractivity contribution in [2.45, 2.75) is 6.04 Å². The number of benzene rings is 2. The third-order valence-corrected chi connectivity index (χ3v) is 4.11. The van der Waals surface area contributed by atoms with Crippen LogP contribution in [0.2, 0.25) is 0 Å². The highest BCUT2D eigenvalue weighted by Crippen LogP contribution is 2.25. The molecule has 2 N–H and O–H groups in total. The van der Waals surface area contributed by atoms with Gasteiger partial charge in [-0.3, -0.25) is 4.79 Å². The second-order valence-electron chi connectivity index (χ2n) is 5.73. The second-order valence-corrected chi connectivity index (χ2v) is 5.73. The van der Waals surface area contributed by atoms with Gasteiger partial charge in [0.2, 0.25) is 5.76 Å². The molecule has 0 radical (unpaired) electrons. The Morgan fingerprint density at radius 2 is 2.00 bits per heavy atom. The number of aromatic amines is 1. The van der Waals surface area contributed by atoms with Crippen LogP contribution < -0.4 is 10.1 Å². The molecule has 1 atom stereocenters. The number of imidazole rings is 1. The minimum absolute atomic E-state index is 0.0883. The van der Waals surface area contributed by atoms with Crippen LogP contribution in [0.5, 0.6) is 5.88 Å². The Labute approximate surface area is 149 Å². The number of hydrogen-bond donors (Lipinski definition) is 2. The van der Waals surface area contributed by atoms with E-state index in [1.54, 1.807) is 6.33 Å². The first-order valence-electron chi connectivity index (χ1n) is 8.04. The predicted molar refractivity (Wildman–Crippen MR) is 94.9 cm³/mol. The van der Waals surface area contributed by atoms with E-state index in [2.05, 4.69) is 20.4 Å². The molecule has 2 aromatic heterocycles. The van der Waals surface area contributed by atoms with E-state index in [9.17, 15) is 4.79 Å². The number of amides is 1. The Kier molecular flexibility index (Phi) is 4.10. The molecule has 0 fully saturated rings. The van der Waals surface area contributed by atoms with Crippen molar-refractivity contribution in [2.24, 2.45) is 0 Å². The van der Waals surface area contributed by atoms with Crippen LogP contribution in [-0.2, 0) is 0 Å². The summed E-state index contributed by atoms with van der Waals surface area (Å²) in [4.78, 5) is 19.9. The van der Waals surface area contributed by atoms with Crippen LogP contribution in [0.15, 0.2) is 65.4 Å². The summed E-state index contributed by atoms with van der Waals surface area (Å²) >= 11 is 0. The van der Waals surface area contributed by atoms with Crippen LogP contribution >= 0.6 is 0 Å². The highest BCUT2D eigenvalue weighted by atomic mass is 16.5. The van der Waals surface area contributed by atoms with Crippen LogP contribution in [0.25, 0.3) is 11.0 Å². The molecule has 7 heteroatoms. The SMILES string of the molecule is COc1cc(C(=O)N[C@@H](c2ccccc2)c2ccc3nc[nH]c3c2)on1. The number of rotatable bonds is 5. The maximum Gasteiger partial charge on any atom is 0.290 e. The van der Waals surface area contributed by atoms with E-state index in [4.69, 9.17) is 9.26 Å². The zero-order valence-electron chi connectivity index (χ0n) is 14.0. The maximum absolute atomic E-state index is 12.6. The summed E-state index contributed by atoms with van der Waals surface area (Å²) in [6.07, 6.45) is 1.64. The van der Waals surface area contributed by atoms with E-state index in [1.165, 1.54) is 13.2 Å². The van der Waals surface area contributed by atoms with E-state index < -0.39 is 0 Å². The monoisotopic (exact) mass is 348 g/mol. The van der Waals surface area contributed by atoms with Gasteiger partial charge in [-0.05, 0) is 28.4 Å². The molecule has 7 nitrogen and oxygen atoms in total. The highest BCUT2D eigenvalue weighted by molar-refractivity contribution is 5.92. The van der Waals surface area contributed by atoms with Gasteiger partial charge >= 0.3 is 0 Å². The Bertz CT molecular complexity index is 1040. The normalized spacial score (nSPS) is 12.0. The number of carbonyl (C=O) groups is 1. The van der Waals surface area contributed by atoms with Gasteiger partial charge in [0.15, 0.2) is 0 Å². The molecule has 0 saturated carbocycles. The summed E-state index contributed by atoms with van der Waals surface area (Å²) < 4.78 is 10.0. The van der Waals surface area contributed by atoms with E-state index in [0.29, 0.717) is 0 Å². The van der Waals surface area contributed by atoms with Crippen molar-refractivity contribution < 1.29 is 14.1 Å². The van der Waals surface area contributed by atoms with Crippen molar-refractivity contribution in [3.05, 3.63) is 77.8 Å². The fourth-order valence-electron chi connectivity index (χ4n) is 2.80. The predicted octanol–water partition coefficient (Wildman–Crippen LogP) is 3.08. The first kappa shape index (κ1) is 15.9. The van der Waals surface area contributed by atoms with Gasteiger partial charge in [-0.1, -0.05) is 36.4 Å². The first-order chi connectivity index (χ1) is 12.7. The number of methoxy groups -OCH3 is 1. The number of nitrogens with zero attached hydrogens (tertiary/aromatic N) is 2. The van der Waals surface area contributed by atoms with E-state index in [-0.39, 0.29) is 23.6 Å². The lowest BCUT2D eigenvalue weighted by Crippen LogP contribution is -2.29. The van der Waals surface area contributed by atoms with Crippen molar-refractivity contribution in [3.63, 3.8) is 0 Å². The van der Waals surface area contributed by atoms with Crippen LogP contribution in [0.4, 0.5) is 0 Å². The van der Waals surface area contributed by atoms with Gasteiger partial charge in [-0.25, -0.2) is 4.98 Å². The smallest absolute Gasteiger partial charge is 0.290 e. The molecule has 0 aliphatic heterocycles. The molecular weight excluding hydrogens is 332 g/mol. The van der Waals surface area contributed by atoms with Gasteiger partial charge in [0.05, 0.1) is 36.6 Å². The van der Waals surface area contributed by atoms with Crippen LogP contribution in [0, 0.1) is 0 Å². The number of ether oxygens (including phenoxy) is 1. The Morgan fingerprint density at radius 1 is 1.15 bits per heavy atom. The Hall–Kier alpha value is -3.61. The summed E-state index contributed by atoms with van der Waals surface area (Å²) in [5.41, 5.74) is 3.64. The number of hydrogen-bond acceptors (Lipinski definition) is 5. The summed E-state index contributed by atoms with van der Waals surface area (Å²) in [5.74, 6) is -0.0324. The van der Waals surface area contributed by atoms with Crippen molar-refractivity contribution in [1.82, 2.24) is 20.4 Å². The molecule has 2 aromatic carbocycles. The molecule has 2 heterocycles. The number of fused-ring (bicyclic) bond motifs is 1. The minimum Gasteiger partial charge on any atom is -0.479 e. The fourth-order valence-corrected chi connectivity index (χ4v) is 2.80. The van der Waals surface area contributed by atoms with E-state index in [1.807, 2.05) is 48.5 Å². The molecule has 0 aliphatic carbocycles. The van der Waals surface area contributed by atoms with Crippen LogP contribution in [0.3, 0.4) is 0 Å². The van der Waals surface area contributed by atoms with E-state index >= 15 is 0 Å². The lowest BCUT2D eigenvalue weighted by Gasteiger charge is -2.19. The molecule has 130 valence electrons. The quantitative estimate of drug-likeness (QED) is 0.578. The number of nitrogens with one attached hydrogen (secondary N) is 2. The van der Waals surface area contributed by atoms with Gasteiger partial charge in [-0.2, -0.15) is 0 Å². The number of H-pyrrole nitrogens is 1. The van der Waals surface area contributed by atoms with Gasteiger partial charge in [0.1, 0.15) is 0 Å². The molecule has 0 unspecified atom stereocenters. The summed E-state index contributed by atoms with van der Waals surface area (Å²) in [5, 5.41) is 6.67. The topological polar surface area (TPSA) is 93.0 Å². The zero-order chi connectivity index (χ0) is 17.9. The molecule has 26 heavy (non-hydrogen) atoms. The van der Waals surface area contributed by atoms with Crippen LogP contribution in [-0.4, -0.2) is 28.1 Å². The summed E-state index contributed by atoms with van der Waals surface area (Å²) in [6, 6.07) is 16.7. The van der Waals surface area contributed by atoms with Gasteiger partial charge in [-0.15, -0.1) is 0 Å².